The van der Waals surface area contributed by atoms with Crippen LogP contribution in [0, 0.1) is 0 Å². The summed E-state index contributed by atoms with van der Waals surface area (Å²) in [5.41, 5.74) is 0.712. The first-order chi connectivity index (χ1) is 12.5. The van der Waals surface area contributed by atoms with E-state index in [9.17, 15) is 14.4 Å². The number of hydrogen-bond donors (Lipinski definition) is 1. The fourth-order valence-electron chi connectivity index (χ4n) is 2.64. The summed E-state index contributed by atoms with van der Waals surface area (Å²) in [5.74, 6) is -0.547. The maximum Gasteiger partial charge on any atom is 0.335 e. The zero-order chi connectivity index (χ0) is 18.3. The zero-order valence-electron chi connectivity index (χ0n) is 13.2. The summed E-state index contributed by atoms with van der Waals surface area (Å²) >= 11 is 5.84. The minimum atomic E-state index is -0.827. The molecule has 0 atom stereocenters. The van der Waals surface area contributed by atoms with Gasteiger partial charge in [-0.3, -0.25) is 14.9 Å². The Morgan fingerprint density at radius 3 is 2.50 bits per heavy atom. The fourth-order valence-corrected chi connectivity index (χ4v) is 2.77. The second-order valence-electron chi connectivity index (χ2n) is 5.55. The Morgan fingerprint density at radius 1 is 1.00 bits per heavy atom. The van der Waals surface area contributed by atoms with Gasteiger partial charge in [-0.1, -0.05) is 23.7 Å². The summed E-state index contributed by atoms with van der Waals surface area (Å²) < 4.78 is 10.5. The summed E-state index contributed by atoms with van der Waals surface area (Å²) in [4.78, 5) is 38.0. The summed E-state index contributed by atoms with van der Waals surface area (Å²) in [7, 11) is 0. The highest BCUT2D eigenvalue weighted by Crippen LogP contribution is 2.36. The molecule has 2 aliphatic rings. The van der Waals surface area contributed by atoms with Gasteiger partial charge in [-0.2, -0.15) is 0 Å². The SMILES string of the molecule is O=C1NC(=O)N(c2ccc3c(c2)OCO3)C(=O)/C1=C/c1ccc(Cl)cc1. The van der Waals surface area contributed by atoms with Gasteiger partial charge in [-0.15, -0.1) is 0 Å². The van der Waals surface area contributed by atoms with E-state index >= 15 is 0 Å². The fraction of sp³-hybridized carbons (Fsp3) is 0.0556. The van der Waals surface area contributed by atoms with Crippen molar-refractivity contribution in [3.8, 4) is 11.5 Å². The Labute approximate surface area is 152 Å². The van der Waals surface area contributed by atoms with Crippen LogP contribution in [0.15, 0.2) is 48.0 Å². The average Bonchev–Trinajstić information content (AvgIpc) is 3.08. The number of carbonyl (C=O) groups is 3. The van der Waals surface area contributed by atoms with Crippen molar-refractivity contribution in [2.45, 2.75) is 0 Å². The number of barbiturate groups is 1. The summed E-state index contributed by atoms with van der Waals surface area (Å²) in [6.07, 6.45) is 1.40. The summed E-state index contributed by atoms with van der Waals surface area (Å²) in [5, 5.41) is 2.70. The number of urea groups is 1. The highest BCUT2D eigenvalue weighted by molar-refractivity contribution is 6.39. The van der Waals surface area contributed by atoms with Crippen molar-refractivity contribution in [3.05, 3.63) is 58.6 Å². The molecule has 2 heterocycles. The van der Waals surface area contributed by atoms with Gasteiger partial charge in [-0.05, 0) is 35.9 Å². The first-order valence-electron chi connectivity index (χ1n) is 7.59. The summed E-state index contributed by atoms with van der Waals surface area (Å²) in [6, 6.07) is 10.4. The molecule has 0 bridgehead atoms. The number of amides is 4. The smallest absolute Gasteiger partial charge is 0.335 e. The molecule has 0 unspecified atom stereocenters. The van der Waals surface area contributed by atoms with E-state index in [0.717, 1.165) is 4.90 Å². The number of anilines is 1. The van der Waals surface area contributed by atoms with Crippen LogP contribution in [-0.4, -0.2) is 24.6 Å². The molecule has 0 saturated carbocycles. The Hall–Kier alpha value is -3.32. The normalized spacial score (nSPS) is 17.7. The molecule has 2 aromatic rings. The van der Waals surface area contributed by atoms with Gasteiger partial charge in [0.1, 0.15) is 5.57 Å². The van der Waals surface area contributed by atoms with Gasteiger partial charge in [0.2, 0.25) is 6.79 Å². The van der Waals surface area contributed by atoms with Crippen molar-refractivity contribution < 1.29 is 23.9 Å². The number of ether oxygens (including phenoxy) is 2. The van der Waals surface area contributed by atoms with Crippen molar-refractivity contribution in [3.63, 3.8) is 0 Å². The van der Waals surface area contributed by atoms with Crippen LogP contribution in [-0.2, 0) is 9.59 Å². The molecule has 1 N–H and O–H groups in total. The van der Waals surface area contributed by atoms with Crippen LogP contribution in [0.1, 0.15) is 5.56 Å². The van der Waals surface area contributed by atoms with E-state index in [-0.39, 0.29) is 18.1 Å². The minimum absolute atomic E-state index is 0.0686. The number of halogens is 1. The van der Waals surface area contributed by atoms with E-state index in [0.29, 0.717) is 22.1 Å². The number of fused-ring (bicyclic) bond motifs is 1. The number of nitrogens with one attached hydrogen (secondary N) is 1. The van der Waals surface area contributed by atoms with Gasteiger partial charge >= 0.3 is 6.03 Å². The quantitative estimate of drug-likeness (QED) is 0.649. The van der Waals surface area contributed by atoms with Gasteiger partial charge in [0.15, 0.2) is 11.5 Å². The van der Waals surface area contributed by atoms with Crippen LogP contribution in [0.25, 0.3) is 6.08 Å². The van der Waals surface area contributed by atoms with Gasteiger partial charge in [0.05, 0.1) is 5.69 Å². The van der Waals surface area contributed by atoms with Gasteiger partial charge < -0.3 is 9.47 Å². The lowest BCUT2D eigenvalue weighted by atomic mass is 10.1. The zero-order valence-corrected chi connectivity index (χ0v) is 13.9. The van der Waals surface area contributed by atoms with Crippen LogP contribution in [0.3, 0.4) is 0 Å². The maximum absolute atomic E-state index is 12.8. The molecule has 26 heavy (non-hydrogen) atoms. The van der Waals surface area contributed by atoms with E-state index < -0.39 is 17.8 Å². The third-order valence-electron chi connectivity index (χ3n) is 3.90. The molecule has 0 aliphatic carbocycles. The van der Waals surface area contributed by atoms with Crippen molar-refractivity contribution in [1.29, 1.82) is 0 Å². The van der Waals surface area contributed by atoms with Crippen LogP contribution in [0.2, 0.25) is 5.02 Å². The third-order valence-corrected chi connectivity index (χ3v) is 4.15. The Morgan fingerprint density at radius 2 is 1.73 bits per heavy atom. The van der Waals surface area contributed by atoms with Crippen molar-refractivity contribution in [1.82, 2.24) is 5.32 Å². The molecular formula is C18H11ClN2O5. The minimum Gasteiger partial charge on any atom is -0.454 e. The van der Waals surface area contributed by atoms with Crippen LogP contribution >= 0.6 is 11.6 Å². The molecule has 2 aliphatic heterocycles. The predicted molar refractivity (Wildman–Crippen MR) is 93.0 cm³/mol. The van der Waals surface area contributed by atoms with Crippen LogP contribution in [0.4, 0.5) is 10.5 Å². The maximum atomic E-state index is 12.8. The molecule has 1 fully saturated rings. The summed E-state index contributed by atoms with van der Waals surface area (Å²) in [6.45, 7) is 0.0686. The number of nitrogens with zero attached hydrogens (tertiary/aromatic N) is 1. The Balaban J connectivity index is 1.71. The standard InChI is InChI=1S/C18H11ClN2O5/c19-11-3-1-10(2-4-11)7-13-16(22)20-18(24)21(17(13)23)12-5-6-14-15(8-12)26-9-25-14/h1-8H,9H2,(H,20,22,24)/b13-7+. The lowest BCUT2D eigenvalue weighted by molar-refractivity contribution is -0.122. The number of carbonyl (C=O) groups excluding carboxylic acids is 3. The lowest BCUT2D eigenvalue weighted by Crippen LogP contribution is -2.54. The van der Waals surface area contributed by atoms with Gasteiger partial charge in [0.25, 0.3) is 11.8 Å². The highest BCUT2D eigenvalue weighted by Gasteiger charge is 2.37. The first kappa shape index (κ1) is 16.2. The van der Waals surface area contributed by atoms with E-state index in [1.54, 1.807) is 36.4 Å². The van der Waals surface area contributed by atoms with E-state index in [1.807, 2.05) is 0 Å². The van der Waals surface area contributed by atoms with E-state index in [4.69, 9.17) is 21.1 Å². The molecule has 2 aromatic carbocycles. The molecule has 7 nitrogen and oxygen atoms in total. The van der Waals surface area contributed by atoms with Crippen molar-refractivity contribution in [2.75, 3.05) is 11.7 Å². The Bertz CT molecular complexity index is 968. The Kier molecular flexibility index (Phi) is 3.85. The largest absolute Gasteiger partial charge is 0.454 e. The van der Waals surface area contributed by atoms with Crippen LogP contribution in [0.5, 0.6) is 11.5 Å². The average molecular weight is 371 g/mol. The molecule has 0 spiro atoms. The number of benzene rings is 2. The highest BCUT2D eigenvalue weighted by atomic mass is 35.5. The second-order valence-corrected chi connectivity index (χ2v) is 5.98. The lowest BCUT2D eigenvalue weighted by Gasteiger charge is -2.26. The van der Waals surface area contributed by atoms with E-state index in [1.165, 1.54) is 12.1 Å². The van der Waals surface area contributed by atoms with Gasteiger partial charge in [-0.25, -0.2) is 9.69 Å². The molecular weight excluding hydrogens is 360 g/mol. The molecule has 8 heteroatoms. The number of hydrogen-bond acceptors (Lipinski definition) is 5. The third kappa shape index (κ3) is 2.78. The molecule has 130 valence electrons. The van der Waals surface area contributed by atoms with E-state index in [2.05, 4.69) is 5.32 Å². The topological polar surface area (TPSA) is 84.9 Å². The number of imide groups is 2. The van der Waals surface area contributed by atoms with Crippen LogP contribution < -0.4 is 19.7 Å². The molecule has 0 radical (unpaired) electrons. The van der Waals surface area contributed by atoms with Gasteiger partial charge in [0, 0.05) is 11.1 Å². The molecule has 0 aromatic heterocycles. The van der Waals surface area contributed by atoms with Crippen molar-refractivity contribution in [2.24, 2.45) is 0 Å². The van der Waals surface area contributed by atoms with Crippen molar-refractivity contribution >= 4 is 41.2 Å². The molecule has 1 saturated heterocycles. The monoisotopic (exact) mass is 370 g/mol. The molecule has 4 rings (SSSR count). The first-order valence-corrected chi connectivity index (χ1v) is 7.97. The molecule has 4 amide bonds. The second kappa shape index (κ2) is 6.20. The predicted octanol–water partition coefficient (Wildman–Crippen LogP) is 2.74. The number of rotatable bonds is 2.